The molecule has 1 aliphatic rings. The Morgan fingerprint density at radius 1 is 1.21 bits per heavy atom. The van der Waals surface area contributed by atoms with Crippen molar-refractivity contribution in [2.24, 2.45) is 0 Å². The highest BCUT2D eigenvalue weighted by molar-refractivity contribution is 7.89. The Kier molecular flexibility index (Phi) is 7.79. The summed E-state index contributed by atoms with van der Waals surface area (Å²) in [6.07, 6.45) is 2.02. The smallest absolute Gasteiger partial charge is 0.243 e. The second-order valence-corrected chi connectivity index (χ2v) is 9.40. The fraction of sp³-hybridized carbons (Fsp3) is 0.600. The van der Waals surface area contributed by atoms with E-state index >= 15 is 0 Å². The lowest BCUT2D eigenvalue weighted by Gasteiger charge is -2.24. The van der Waals surface area contributed by atoms with E-state index in [1.807, 2.05) is 0 Å². The molecule has 2 N–H and O–H groups in total. The zero-order valence-corrected chi connectivity index (χ0v) is 18.7. The third-order valence-corrected chi connectivity index (χ3v) is 7.35. The molecule has 1 aromatic carbocycles. The number of hydrogen-bond donors (Lipinski definition) is 2. The van der Waals surface area contributed by atoms with Crippen molar-refractivity contribution >= 4 is 27.5 Å². The maximum atomic E-state index is 12.9. The van der Waals surface area contributed by atoms with E-state index in [0.717, 1.165) is 12.8 Å². The van der Waals surface area contributed by atoms with Gasteiger partial charge in [0.1, 0.15) is 0 Å². The van der Waals surface area contributed by atoms with Crippen LogP contribution in [0, 0.1) is 6.92 Å². The molecule has 0 saturated heterocycles. The molecular formula is C20H32N4O4S. The molecule has 0 spiro atoms. The molecule has 2 amide bonds. The van der Waals surface area contributed by atoms with Crippen molar-refractivity contribution in [3.05, 3.63) is 23.8 Å². The van der Waals surface area contributed by atoms with Gasteiger partial charge in [0.05, 0.1) is 17.5 Å². The molecule has 1 saturated carbocycles. The molecule has 8 nitrogen and oxygen atoms in total. The molecule has 9 heteroatoms. The van der Waals surface area contributed by atoms with E-state index < -0.39 is 16.1 Å². The average Bonchev–Trinajstić information content (AvgIpc) is 3.46. The Balaban J connectivity index is 2.08. The number of sulfonamides is 1. The highest BCUT2D eigenvalue weighted by Gasteiger charge is 2.27. The highest BCUT2D eigenvalue weighted by Crippen LogP contribution is 2.24. The van der Waals surface area contributed by atoms with Gasteiger partial charge >= 0.3 is 0 Å². The fourth-order valence-electron chi connectivity index (χ4n) is 2.97. The minimum atomic E-state index is -3.63. The summed E-state index contributed by atoms with van der Waals surface area (Å²) in [5.74, 6) is -0.403. The van der Waals surface area contributed by atoms with Gasteiger partial charge in [-0.1, -0.05) is 19.9 Å². The fourth-order valence-corrected chi connectivity index (χ4v) is 4.68. The van der Waals surface area contributed by atoms with Crippen molar-refractivity contribution in [2.75, 3.05) is 32.0 Å². The lowest BCUT2D eigenvalue weighted by Crippen LogP contribution is -2.45. The predicted molar refractivity (Wildman–Crippen MR) is 113 cm³/mol. The minimum Gasteiger partial charge on any atom is -0.352 e. The maximum Gasteiger partial charge on any atom is 0.243 e. The first-order valence-corrected chi connectivity index (χ1v) is 11.4. The predicted octanol–water partition coefficient (Wildman–Crippen LogP) is 1.56. The number of likely N-dealkylation sites (N-methyl/N-ethyl adjacent to an activating group) is 1. The summed E-state index contributed by atoms with van der Waals surface area (Å²) in [6.45, 7) is 7.90. The van der Waals surface area contributed by atoms with E-state index in [9.17, 15) is 18.0 Å². The highest BCUT2D eigenvalue weighted by atomic mass is 32.2. The molecule has 1 aliphatic carbocycles. The van der Waals surface area contributed by atoms with Crippen molar-refractivity contribution in [1.29, 1.82) is 0 Å². The molecular weight excluding hydrogens is 392 g/mol. The van der Waals surface area contributed by atoms with Gasteiger partial charge in [-0.25, -0.2) is 8.42 Å². The number of hydrogen-bond acceptors (Lipinski definition) is 5. The molecule has 0 aromatic heterocycles. The summed E-state index contributed by atoms with van der Waals surface area (Å²) in [4.78, 5) is 26.4. The van der Waals surface area contributed by atoms with E-state index in [4.69, 9.17) is 0 Å². The van der Waals surface area contributed by atoms with Crippen LogP contribution in [0.3, 0.4) is 0 Å². The molecule has 0 unspecified atom stereocenters. The van der Waals surface area contributed by atoms with Crippen LogP contribution in [0.4, 0.5) is 5.69 Å². The zero-order chi connectivity index (χ0) is 21.8. The Morgan fingerprint density at radius 3 is 2.38 bits per heavy atom. The van der Waals surface area contributed by atoms with Crippen LogP contribution < -0.4 is 10.6 Å². The molecule has 29 heavy (non-hydrogen) atoms. The van der Waals surface area contributed by atoms with Gasteiger partial charge in [0.15, 0.2) is 0 Å². The van der Waals surface area contributed by atoms with Crippen molar-refractivity contribution in [3.8, 4) is 0 Å². The Hall–Kier alpha value is -1.97. The number of carbonyl (C=O) groups excluding carboxylic acids is 2. The average molecular weight is 425 g/mol. The van der Waals surface area contributed by atoms with Gasteiger partial charge in [-0.05, 0) is 51.4 Å². The molecule has 0 heterocycles. The molecule has 162 valence electrons. The zero-order valence-electron chi connectivity index (χ0n) is 17.9. The van der Waals surface area contributed by atoms with Gasteiger partial charge in [0, 0.05) is 24.8 Å². The van der Waals surface area contributed by atoms with Gasteiger partial charge in [0.25, 0.3) is 0 Å². The maximum absolute atomic E-state index is 12.9. The van der Waals surface area contributed by atoms with Gasteiger partial charge in [-0.3, -0.25) is 14.5 Å². The first kappa shape index (κ1) is 23.3. The van der Waals surface area contributed by atoms with Gasteiger partial charge in [-0.2, -0.15) is 4.31 Å². The van der Waals surface area contributed by atoms with Crippen LogP contribution in [0.1, 0.15) is 39.2 Å². The van der Waals surface area contributed by atoms with E-state index in [2.05, 4.69) is 10.6 Å². The third kappa shape index (κ3) is 6.01. The second kappa shape index (κ2) is 9.69. The summed E-state index contributed by atoms with van der Waals surface area (Å²) in [7, 11) is -1.92. The standard InChI is InChI=1S/C20H32N4O4S/c1-6-24(7-2)29(27,28)18-12-17(9-8-14(18)3)22-20(26)15(4)23(5)13-19(25)21-16-10-11-16/h8-9,12,15-16H,6-7,10-11,13H2,1-5H3,(H,21,25)(H,22,26)/t15-/m1/s1. The first-order chi connectivity index (χ1) is 13.6. The van der Waals surface area contributed by atoms with Crippen molar-refractivity contribution in [3.63, 3.8) is 0 Å². The minimum absolute atomic E-state index is 0.0995. The quantitative estimate of drug-likeness (QED) is 0.594. The van der Waals surface area contributed by atoms with E-state index in [1.54, 1.807) is 51.8 Å². The van der Waals surface area contributed by atoms with E-state index in [-0.39, 0.29) is 29.3 Å². The van der Waals surface area contributed by atoms with Crippen LogP contribution in [-0.4, -0.2) is 68.2 Å². The summed E-state index contributed by atoms with van der Waals surface area (Å²) < 4.78 is 27.1. The van der Waals surface area contributed by atoms with Gasteiger partial charge in [0.2, 0.25) is 21.8 Å². The van der Waals surface area contributed by atoms with E-state index in [1.165, 1.54) is 10.4 Å². The normalized spacial score (nSPS) is 15.4. The molecule has 0 aliphatic heterocycles. The number of amides is 2. The van der Waals surface area contributed by atoms with Gasteiger partial charge in [-0.15, -0.1) is 0 Å². The van der Waals surface area contributed by atoms with Crippen LogP contribution in [0.15, 0.2) is 23.1 Å². The third-order valence-electron chi connectivity index (χ3n) is 5.15. The monoisotopic (exact) mass is 424 g/mol. The molecule has 0 radical (unpaired) electrons. The van der Waals surface area contributed by atoms with E-state index in [0.29, 0.717) is 24.3 Å². The summed E-state index contributed by atoms with van der Waals surface area (Å²) in [5, 5.41) is 5.66. The number of rotatable bonds is 10. The largest absolute Gasteiger partial charge is 0.352 e. The van der Waals surface area contributed by atoms with Crippen LogP contribution in [0.25, 0.3) is 0 Å². The molecule has 1 atom stereocenters. The number of aryl methyl sites for hydroxylation is 1. The lowest BCUT2D eigenvalue weighted by atomic mass is 10.2. The summed E-state index contributed by atoms with van der Waals surface area (Å²) >= 11 is 0. The SMILES string of the molecule is CCN(CC)S(=O)(=O)c1cc(NC(=O)[C@@H](C)N(C)CC(=O)NC2CC2)ccc1C. The lowest BCUT2D eigenvalue weighted by molar-refractivity contribution is -0.124. The van der Waals surface area contributed by atoms with Crippen molar-refractivity contribution in [2.45, 2.75) is 57.5 Å². The Labute approximate surface area is 173 Å². The van der Waals surface area contributed by atoms with Crippen LogP contribution in [0.2, 0.25) is 0 Å². The van der Waals surface area contributed by atoms with Crippen molar-refractivity contribution in [1.82, 2.24) is 14.5 Å². The molecule has 2 rings (SSSR count). The summed E-state index contributed by atoms with van der Waals surface area (Å²) in [6, 6.07) is 4.58. The van der Waals surface area contributed by atoms with Crippen LogP contribution in [0.5, 0.6) is 0 Å². The Bertz CT molecular complexity index is 848. The van der Waals surface area contributed by atoms with Crippen LogP contribution in [-0.2, 0) is 19.6 Å². The number of carbonyl (C=O) groups is 2. The molecule has 1 fully saturated rings. The van der Waals surface area contributed by atoms with Gasteiger partial charge < -0.3 is 10.6 Å². The number of benzene rings is 1. The first-order valence-electron chi connectivity index (χ1n) is 10.0. The summed E-state index contributed by atoms with van der Waals surface area (Å²) in [5.41, 5.74) is 1.03. The number of nitrogens with one attached hydrogen (secondary N) is 2. The van der Waals surface area contributed by atoms with Crippen molar-refractivity contribution < 1.29 is 18.0 Å². The Morgan fingerprint density at radius 2 is 1.83 bits per heavy atom. The van der Waals surface area contributed by atoms with Crippen LogP contribution >= 0.6 is 0 Å². The number of nitrogens with zero attached hydrogens (tertiary/aromatic N) is 2. The molecule has 0 bridgehead atoms. The number of anilines is 1. The topological polar surface area (TPSA) is 98.8 Å². The second-order valence-electron chi connectivity index (χ2n) is 7.49. The molecule has 1 aromatic rings.